The lowest BCUT2D eigenvalue weighted by Crippen LogP contribution is -2.50. The Hall–Kier alpha value is -1.80. The predicted octanol–water partition coefficient (Wildman–Crippen LogP) is 4.25. The number of fused-ring (bicyclic) bond motifs is 2. The molecule has 2 aromatic heterocycles. The summed E-state index contributed by atoms with van der Waals surface area (Å²) in [5.41, 5.74) is 9.39. The van der Waals surface area contributed by atoms with E-state index in [2.05, 4.69) is 49.8 Å². The third-order valence-corrected chi connectivity index (χ3v) is 8.35. The van der Waals surface area contributed by atoms with Gasteiger partial charge in [0.25, 0.3) is 0 Å². The van der Waals surface area contributed by atoms with E-state index in [1.807, 2.05) is 6.20 Å². The first kappa shape index (κ1) is 22.0. The minimum Gasteiger partial charge on any atom is -0.375 e. The molecule has 0 unspecified atom stereocenters. The van der Waals surface area contributed by atoms with Crippen molar-refractivity contribution in [1.82, 2.24) is 19.8 Å². The molecule has 5 rings (SSSR count). The lowest BCUT2D eigenvalue weighted by atomic mass is 9.96. The van der Waals surface area contributed by atoms with Crippen molar-refractivity contribution in [3.8, 4) is 0 Å². The number of benzene rings is 1. The van der Waals surface area contributed by atoms with Crippen molar-refractivity contribution in [1.29, 1.82) is 0 Å². The number of anilines is 2. The molecule has 6 nitrogen and oxygen atoms in total. The lowest BCUT2D eigenvalue weighted by molar-refractivity contribution is 0.146. The number of nitrogen functional groups attached to an aromatic ring is 1. The summed E-state index contributed by atoms with van der Waals surface area (Å²) in [7, 11) is 0. The van der Waals surface area contributed by atoms with Crippen molar-refractivity contribution in [3.63, 3.8) is 0 Å². The molecule has 2 aliphatic rings. The molecular weight excluding hydrogens is 440 g/mol. The van der Waals surface area contributed by atoms with E-state index in [-0.39, 0.29) is 0 Å². The van der Waals surface area contributed by atoms with Crippen LogP contribution in [0.25, 0.3) is 10.9 Å². The van der Waals surface area contributed by atoms with Crippen LogP contribution in [0.5, 0.6) is 0 Å². The molecule has 1 aromatic carbocycles. The van der Waals surface area contributed by atoms with Crippen LogP contribution < -0.4 is 10.6 Å². The third-order valence-electron chi connectivity index (χ3n) is 7.02. The fraction of sp³-hybridized carbons (Fsp3) is 0.542. The quantitative estimate of drug-likeness (QED) is 0.538. The molecule has 0 bridgehead atoms. The average molecular weight is 473 g/mol. The SMILES string of the molecule is CCCN(CCN1CCN(c2ccc3cc[nH]c3c2Cl)CC1)[C@H]1CCc2nc(N)sc2C1. The highest BCUT2D eigenvalue weighted by Gasteiger charge is 2.27. The molecule has 0 spiro atoms. The summed E-state index contributed by atoms with van der Waals surface area (Å²) >= 11 is 8.40. The topological polar surface area (TPSA) is 64.4 Å². The average Bonchev–Trinajstić information content (AvgIpc) is 3.43. The molecule has 1 saturated heterocycles. The molecule has 3 N–H and O–H groups in total. The van der Waals surface area contributed by atoms with Gasteiger partial charge in [-0.3, -0.25) is 9.80 Å². The largest absolute Gasteiger partial charge is 0.375 e. The molecule has 172 valence electrons. The summed E-state index contributed by atoms with van der Waals surface area (Å²) in [5, 5.41) is 2.74. The van der Waals surface area contributed by atoms with Crippen LogP contribution in [0, 0.1) is 0 Å². The number of hydrogen-bond acceptors (Lipinski definition) is 6. The summed E-state index contributed by atoms with van der Waals surface area (Å²) in [5.74, 6) is 0. The highest BCUT2D eigenvalue weighted by atomic mass is 35.5. The molecule has 0 radical (unpaired) electrons. The van der Waals surface area contributed by atoms with Gasteiger partial charge in [-0.1, -0.05) is 24.6 Å². The number of aryl methyl sites for hydroxylation is 1. The summed E-state index contributed by atoms with van der Waals surface area (Å²) in [6.45, 7) is 9.93. The van der Waals surface area contributed by atoms with E-state index >= 15 is 0 Å². The second kappa shape index (κ2) is 9.59. The summed E-state index contributed by atoms with van der Waals surface area (Å²) in [4.78, 5) is 16.9. The summed E-state index contributed by atoms with van der Waals surface area (Å²) in [6, 6.07) is 7.02. The van der Waals surface area contributed by atoms with E-state index in [0.29, 0.717) is 6.04 Å². The third kappa shape index (κ3) is 4.49. The van der Waals surface area contributed by atoms with Gasteiger partial charge >= 0.3 is 0 Å². The Balaban J connectivity index is 1.16. The van der Waals surface area contributed by atoms with Gasteiger partial charge in [-0.05, 0) is 44.4 Å². The Labute approximate surface area is 199 Å². The van der Waals surface area contributed by atoms with Crippen LogP contribution in [0.4, 0.5) is 10.8 Å². The maximum Gasteiger partial charge on any atom is 0.180 e. The Morgan fingerprint density at radius 2 is 2.06 bits per heavy atom. The van der Waals surface area contributed by atoms with Crippen molar-refractivity contribution in [2.24, 2.45) is 0 Å². The molecule has 1 aliphatic carbocycles. The van der Waals surface area contributed by atoms with Gasteiger partial charge < -0.3 is 15.6 Å². The van der Waals surface area contributed by atoms with Gasteiger partial charge in [0.2, 0.25) is 0 Å². The van der Waals surface area contributed by atoms with Gasteiger partial charge in [-0.2, -0.15) is 0 Å². The number of piperazine rings is 1. The normalized spacial score (nSPS) is 19.7. The molecule has 3 heterocycles. The summed E-state index contributed by atoms with van der Waals surface area (Å²) < 4.78 is 0. The standard InChI is InChI=1S/C24H33ClN6S/c1-2-9-30(18-4-5-19-21(16-18)32-24(26)28-19)13-10-29-11-14-31(15-12-29)20-6-3-17-7-8-27-23(17)22(20)25/h3,6-8,18,27H,2,4-5,9-16H2,1H3,(H2,26,28)/t18-/m0/s1. The molecule has 3 aromatic rings. The molecule has 1 fully saturated rings. The highest BCUT2D eigenvalue weighted by Crippen LogP contribution is 2.33. The number of aromatic nitrogens is 2. The van der Waals surface area contributed by atoms with E-state index in [0.717, 1.165) is 73.5 Å². The Kier molecular flexibility index (Phi) is 6.60. The van der Waals surface area contributed by atoms with Crippen LogP contribution in [0.2, 0.25) is 5.02 Å². The van der Waals surface area contributed by atoms with Gasteiger partial charge in [-0.25, -0.2) is 4.98 Å². The maximum absolute atomic E-state index is 6.71. The first-order valence-electron chi connectivity index (χ1n) is 11.8. The van der Waals surface area contributed by atoms with E-state index in [4.69, 9.17) is 17.3 Å². The fourth-order valence-corrected chi connectivity index (χ4v) is 6.56. The predicted molar refractivity (Wildman–Crippen MR) is 136 cm³/mol. The molecule has 1 aliphatic heterocycles. The van der Waals surface area contributed by atoms with Crippen LogP contribution in [0.1, 0.15) is 30.3 Å². The van der Waals surface area contributed by atoms with Gasteiger partial charge in [0.15, 0.2) is 5.13 Å². The van der Waals surface area contributed by atoms with Gasteiger partial charge in [-0.15, -0.1) is 11.3 Å². The van der Waals surface area contributed by atoms with Crippen molar-refractivity contribution >= 4 is 44.7 Å². The van der Waals surface area contributed by atoms with Crippen LogP contribution in [0.3, 0.4) is 0 Å². The van der Waals surface area contributed by atoms with Crippen molar-refractivity contribution in [2.75, 3.05) is 56.4 Å². The number of halogens is 1. The molecule has 8 heteroatoms. The molecular formula is C24H33ClN6S. The number of nitrogens with one attached hydrogen (secondary N) is 1. The number of nitrogens with zero attached hydrogens (tertiary/aromatic N) is 4. The van der Waals surface area contributed by atoms with E-state index < -0.39 is 0 Å². The molecule has 0 amide bonds. The van der Waals surface area contributed by atoms with Crippen molar-refractivity contribution < 1.29 is 0 Å². The molecule has 0 saturated carbocycles. The zero-order chi connectivity index (χ0) is 22.1. The lowest BCUT2D eigenvalue weighted by Gasteiger charge is -2.39. The van der Waals surface area contributed by atoms with Crippen LogP contribution in [-0.4, -0.2) is 71.6 Å². The van der Waals surface area contributed by atoms with Crippen LogP contribution >= 0.6 is 22.9 Å². The number of hydrogen-bond donors (Lipinski definition) is 2. The second-order valence-corrected chi connectivity index (χ2v) is 10.5. The molecule has 1 atom stereocenters. The zero-order valence-electron chi connectivity index (χ0n) is 18.8. The number of aromatic amines is 1. The second-order valence-electron chi connectivity index (χ2n) is 9.02. The smallest absolute Gasteiger partial charge is 0.180 e. The van der Waals surface area contributed by atoms with Crippen LogP contribution in [-0.2, 0) is 12.8 Å². The fourth-order valence-electron chi connectivity index (χ4n) is 5.26. The van der Waals surface area contributed by atoms with Crippen molar-refractivity contribution in [2.45, 2.75) is 38.6 Å². The molecule has 32 heavy (non-hydrogen) atoms. The summed E-state index contributed by atoms with van der Waals surface area (Å²) in [6.07, 6.45) is 6.53. The monoisotopic (exact) mass is 472 g/mol. The highest BCUT2D eigenvalue weighted by molar-refractivity contribution is 7.15. The number of nitrogens with two attached hydrogens (primary N) is 1. The van der Waals surface area contributed by atoms with Gasteiger partial charge in [0, 0.05) is 61.8 Å². The van der Waals surface area contributed by atoms with Crippen LogP contribution in [0.15, 0.2) is 24.4 Å². The Bertz CT molecular complexity index is 1050. The minimum absolute atomic E-state index is 0.620. The van der Waals surface area contributed by atoms with Gasteiger partial charge in [0.05, 0.1) is 21.9 Å². The minimum atomic E-state index is 0.620. The first-order chi connectivity index (χ1) is 15.6. The van der Waals surface area contributed by atoms with E-state index in [9.17, 15) is 0 Å². The Morgan fingerprint density at radius 3 is 2.88 bits per heavy atom. The number of thiazole rings is 1. The van der Waals surface area contributed by atoms with E-state index in [1.54, 1.807) is 11.3 Å². The zero-order valence-corrected chi connectivity index (χ0v) is 20.4. The maximum atomic E-state index is 6.71. The number of rotatable bonds is 7. The Morgan fingerprint density at radius 1 is 1.22 bits per heavy atom. The van der Waals surface area contributed by atoms with E-state index in [1.165, 1.54) is 35.3 Å². The van der Waals surface area contributed by atoms with Gasteiger partial charge in [0.1, 0.15) is 0 Å². The number of H-pyrrole nitrogens is 1. The van der Waals surface area contributed by atoms with Crippen molar-refractivity contribution in [3.05, 3.63) is 40.0 Å². The first-order valence-corrected chi connectivity index (χ1v) is 13.0.